The van der Waals surface area contributed by atoms with Crippen molar-refractivity contribution in [3.8, 4) is 11.5 Å². The number of amides is 2. The van der Waals surface area contributed by atoms with Gasteiger partial charge < -0.3 is 43.8 Å². The predicted molar refractivity (Wildman–Crippen MR) is 222 cm³/mol. The summed E-state index contributed by atoms with van der Waals surface area (Å²) < 4.78 is 33.3. The monoisotopic (exact) mass is 796 g/mol. The molecule has 7 rings (SSSR count). The number of ether oxygens (including phenoxy) is 5. The first kappa shape index (κ1) is 41.3. The molecule has 2 saturated carbocycles. The van der Waals surface area contributed by atoms with Crippen molar-refractivity contribution in [3.05, 3.63) is 78.2 Å². The van der Waals surface area contributed by atoms with Crippen molar-refractivity contribution in [2.24, 2.45) is 5.92 Å². The van der Waals surface area contributed by atoms with Crippen LogP contribution in [0.2, 0.25) is 0 Å². The van der Waals surface area contributed by atoms with Gasteiger partial charge in [0.2, 0.25) is 0 Å². The number of nitrogens with two attached hydrogens (primary N) is 1. The zero-order valence-corrected chi connectivity index (χ0v) is 35.3. The van der Waals surface area contributed by atoms with Gasteiger partial charge in [-0.25, -0.2) is 19.6 Å². The molecule has 2 aliphatic carbocycles. The molecule has 2 amide bonds. The summed E-state index contributed by atoms with van der Waals surface area (Å²) in [5.41, 5.74) is 8.08. The highest BCUT2D eigenvalue weighted by Crippen LogP contribution is 2.51. The van der Waals surface area contributed by atoms with Crippen LogP contribution in [-0.4, -0.2) is 91.9 Å². The molecule has 0 bridgehead atoms. The Morgan fingerprint density at radius 2 is 1.52 bits per heavy atom. The van der Waals surface area contributed by atoms with E-state index >= 15 is 0 Å². The van der Waals surface area contributed by atoms with Crippen molar-refractivity contribution in [1.29, 1.82) is 0 Å². The number of carbonyl (C=O) groups excluding carboxylic acids is 2. The summed E-state index contributed by atoms with van der Waals surface area (Å²) in [6, 6.07) is 17.4. The summed E-state index contributed by atoms with van der Waals surface area (Å²) in [5.74, 6) is 1.54. The minimum absolute atomic E-state index is 0.0716. The van der Waals surface area contributed by atoms with E-state index in [2.05, 4.69) is 15.7 Å². The summed E-state index contributed by atoms with van der Waals surface area (Å²) in [7, 11) is 0. The van der Waals surface area contributed by atoms with Crippen LogP contribution in [0.1, 0.15) is 104 Å². The maximum absolute atomic E-state index is 14.0. The van der Waals surface area contributed by atoms with Crippen LogP contribution in [-0.2, 0) is 25.4 Å². The lowest BCUT2D eigenvalue weighted by molar-refractivity contribution is -0.160. The van der Waals surface area contributed by atoms with Crippen molar-refractivity contribution >= 4 is 29.0 Å². The van der Waals surface area contributed by atoms with Gasteiger partial charge in [-0.05, 0) is 129 Å². The molecular formula is C45H60N6O7. The van der Waals surface area contributed by atoms with Crippen LogP contribution >= 0.6 is 0 Å². The van der Waals surface area contributed by atoms with Gasteiger partial charge in [0, 0.05) is 38.3 Å². The van der Waals surface area contributed by atoms with Crippen LogP contribution in [0.25, 0.3) is 11.0 Å². The maximum Gasteiger partial charge on any atom is 0.410 e. The number of fused-ring (bicyclic) bond motifs is 2. The predicted octanol–water partition coefficient (Wildman–Crippen LogP) is 8.87. The van der Waals surface area contributed by atoms with E-state index in [0.29, 0.717) is 57.2 Å². The van der Waals surface area contributed by atoms with Crippen molar-refractivity contribution in [2.75, 3.05) is 31.9 Å². The van der Waals surface area contributed by atoms with E-state index in [1.165, 1.54) is 11.9 Å². The number of aromatic nitrogens is 3. The van der Waals surface area contributed by atoms with Crippen LogP contribution in [0.5, 0.6) is 11.5 Å². The Hall–Kier alpha value is -4.88. The second-order valence-corrected chi connectivity index (χ2v) is 18.4. The molecule has 2 aromatic heterocycles. The Labute approximate surface area is 342 Å². The molecule has 0 spiro atoms. The second kappa shape index (κ2) is 16.4. The average molecular weight is 797 g/mol. The maximum atomic E-state index is 14.0. The highest BCUT2D eigenvalue weighted by molar-refractivity contribution is 5.90. The van der Waals surface area contributed by atoms with E-state index in [9.17, 15) is 9.59 Å². The smallest absolute Gasteiger partial charge is 0.410 e. The van der Waals surface area contributed by atoms with Crippen LogP contribution < -0.4 is 10.5 Å². The number of hydrogen-bond acceptors (Lipinski definition) is 10. The van der Waals surface area contributed by atoms with E-state index < -0.39 is 29.2 Å². The first-order chi connectivity index (χ1) is 27.4. The molecule has 3 fully saturated rings. The normalized spacial score (nSPS) is 21.4. The number of rotatable bonds is 13. The highest BCUT2D eigenvalue weighted by atomic mass is 16.8. The molecule has 312 valence electrons. The van der Waals surface area contributed by atoms with E-state index in [0.717, 1.165) is 40.9 Å². The molecule has 4 atom stereocenters. The highest BCUT2D eigenvalue weighted by Gasteiger charge is 2.55. The summed E-state index contributed by atoms with van der Waals surface area (Å²) in [4.78, 5) is 40.1. The molecule has 1 saturated heterocycles. The van der Waals surface area contributed by atoms with Gasteiger partial charge >= 0.3 is 12.2 Å². The van der Waals surface area contributed by atoms with Crippen LogP contribution in [0.3, 0.4) is 0 Å². The third kappa shape index (κ3) is 10.0. The van der Waals surface area contributed by atoms with Gasteiger partial charge in [-0.2, -0.15) is 0 Å². The number of nitrogen functional groups attached to an aromatic ring is 1. The lowest BCUT2D eigenvalue weighted by Gasteiger charge is -2.32. The van der Waals surface area contributed by atoms with Crippen LogP contribution in [0.4, 0.5) is 15.4 Å². The fourth-order valence-corrected chi connectivity index (χ4v) is 8.20. The number of anilines is 1. The Morgan fingerprint density at radius 3 is 2.21 bits per heavy atom. The molecule has 0 unspecified atom stereocenters. The minimum atomic E-state index is -0.805. The first-order valence-corrected chi connectivity index (χ1v) is 20.7. The van der Waals surface area contributed by atoms with Gasteiger partial charge in [0.05, 0.1) is 17.5 Å². The molecule has 4 aromatic rings. The zero-order chi connectivity index (χ0) is 41.4. The third-order valence-corrected chi connectivity index (χ3v) is 10.8. The van der Waals surface area contributed by atoms with Crippen molar-refractivity contribution in [1.82, 2.24) is 24.3 Å². The molecule has 58 heavy (non-hydrogen) atoms. The second-order valence-electron chi connectivity index (χ2n) is 18.4. The summed E-state index contributed by atoms with van der Waals surface area (Å²) in [6.07, 6.45) is 6.39. The van der Waals surface area contributed by atoms with Gasteiger partial charge in [0.15, 0.2) is 5.79 Å². The first-order valence-electron chi connectivity index (χ1n) is 20.7. The van der Waals surface area contributed by atoms with E-state index in [1.54, 1.807) is 9.80 Å². The number of hydrogen-bond donors (Lipinski definition) is 1. The van der Waals surface area contributed by atoms with E-state index in [4.69, 9.17) is 34.4 Å². The Kier molecular flexibility index (Phi) is 11.7. The molecule has 0 radical (unpaired) electrons. The standard InChI is InChI=1S/C45H60N6O7/c1-43(2,3)57-41(52)49(23-20-29-14-12-17-33(24-29)54-32-15-10-9-11-16-32)21-13-22-50(42(53)58-44(4,5)6)26-31-25-35(38-37(31)55-45(7,8)56-38)51-27-34(30-18-19-30)36-39(46)47-28-48-40(36)51/h9-12,14-17,24,27-28,30-31,35,37-38H,13,18-23,25-26H2,1-8H3,(H2,46,47,48)/t31-,35-,37-,38+/m1/s1. The van der Waals surface area contributed by atoms with Gasteiger partial charge in [-0.15, -0.1) is 0 Å². The minimum Gasteiger partial charge on any atom is -0.457 e. The van der Waals surface area contributed by atoms with Crippen LogP contribution in [0, 0.1) is 5.92 Å². The summed E-state index contributed by atoms with van der Waals surface area (Å²) in [5, 5.41) is 0.918. The third-order valence-electron chi connectivity index (χ3n) is 10.8. The Bertz CT molecular complexity index is 2070. The number of benzene rings is 2. The van der Waals surface area contributed by atoms with Gasteiger partial charge in [-0.1, -0.05) is 30.3 Å². The SMILES string of the molecule is CC(C)(C)OC(=O)N(CCCN(C[C@H]1C[C@@H](n2cc(C3CC3)c3c(N)ncnc32)[C@@H]2OC(C)(C)O[C@H]12)C(=O)OC(C)(C)C)CCc1cccc(Oc2ccccc2)c1. The molecule has 2 aromatic carbocycles. The molecule has 3 heterocycles. The van der Waals surface area contributed by atoms with Crippen molar-refractivity contribution < 1.29 is 33.3 Å². The van der Waals surface area contributed by atoms with Crippen molar-refractivity contribution in [2.45, 2.75) is 129 Å². The molecular weight excluding hydrogens is 737 g/mol. The zero-order valence-electron chi connectivity index (χ0n) is 35.3. The quantitative estimate of drug-likeness (QED) is 0.139. The average Bonchev–Trinajstić information content (AvgIpc) is 3.73. The molecule has 1 aliphatic heterocycles. The fraction of sp³-hybridized carbons (Fsp3) is 0.556. The topological polar surface area (TPSA) is 144 Å². The fourth-order valence-electron chi connectivity index (χ4n) is 8.20. The number of carbonyl (C=O) groups is 2. The molecule has 13 nitrogen and oxygen atoms in total. The van der Waals surface area contributed by atoms with Gasteiger partial charge in [0.25, 0.3) is 0 Å². The van der Waals surface area contributed by atoms with E-state index in [-0.39, 0.29) is 24.2 Å². The largest absolute Gasteiger partial charge is 0.457 e. The van der Waals surface area contributed by atoms with Crippen molar-refractivity contribution in [3.63, 3.8) is 0 Å². The van der Waals surface area contributed by atoms with Crippen LogP contribution in [0.15, 0.2) is 67.1 Å². The molecule has 3 aliphatic rings. The molecule has 13 heteroatoms. The lowest BCUT2D eigenvalue weighted by Crippen LogP contribution is -2.44. The summed E-state index contributed by atoms with van der Waals surface area (Å²) in [6.45, 7) is 16.6. The molecule has 2 N–H and O–H groups in total. The number of para-hydroxylation sites is 1. The van der Waals surface area contributed by atoms with Gasteiger partial charge in [0.1, 0.15) is 46.6 Å². The lowest BCUT2D eigenvalue weighted by atomic mass is 10.0. The van der Waals surface area contributed by atoms with E-state index in [1.807, 2.05) is 110 Å². The number of nitrogens with zero attached hydrogens (tertiary/aromatic N) is 5. The Balaban J connectivity index is 1.08. The Morgan fingerprint density at radius 1 is 0.862 bits per heavy atom. The van der Waals surface area contributed by atoms with Gasteiger partial charge in [-0.3, -0.25) is 0 Å². The summed E-state index contributed by atoms with van der Waals surface area (Å²) >= 11 is 0.